The third-order valence-electron chi connectivity index (χ3n) is 16.4. The lowest BCUT2D eigenvalue weighted by molar-refractivity contribution is 0.668. The van der Waals surface area contributed by atoms with Crippen LogP contribution < -0.4 is 0 Å². The summed E-state index contributed by atoms with van der Waals surface area (Å²) < 4.78 is 12.0. The van der Waals surface area contributed by atoms with Crippen LogP contribution in [-0.2, 0) is 0 Å². The van der Waals surface area contributed by atoms with Gasteiger partial charge in [0.25, 0.3) is 0 Å². The van der Waals surface area contributed by atoms with Crippen molar-refractivity contribution >= 4 is 108 Å². The highest BCUT2D eigenvalue weighted by Gasteiger charge is 2.25. The summed E-state index contributed by atoms with van der Waals surface area (Å²) in [6.45, 7) is 0. The van der Waals surface area contributed by atoms with Gasteiger partial charge < -0.3 is 8.98 Å². The van der Waals surface area contributed by atoms with Crippen LogP contribution in [0.5, 0.6) is 0 Å². The smallest absolute Gasteiger partial charge is 0.165 e. The topological polar surface area (TPSA) is 56.7 Å². The quantitative estimate of drug-likeness (QED) is 0.160. The largest absolute Gasteiger partial charge is 0.456 e. The van der Waals surface area contributed by atoms with Crippen LogP contribution in [0.15, 0.2) is 271 Å². The monoisotopic (exact) mass is 1050 g/mol. The normalized spacial score (nSPS) is 12.0. The van der Waals surface area contributed by atoms with Crippen LogP contribution in [-0.4, -0.2) is 19.5 Å². The van der Waals surface area contributed by atoms with Gasteiger partial charge in [0.05, 0.1) is 16.7 Å². The molecule has 0 unspecified atom stereocenters. The molecule has 0 amide bonds. The number of aromatic nitrogens is 4. The summed E-state index contributed by atoms with van der Waals surface area (Å²) in [4.78, 5) is 16.3. The molecule has 6 heteroatoms. The molecular formula is C75H44N4OS. The van der Waals surface area contributed by atoms with E-state index in [0.717, 1.165) is 93.1 Å². The first-order valence-electron chi connectivity index (χ1n) is 27.4. The molecule has 376 valence electrons. The van der Waals surface area contributed by atoms with Gasteiger partial charge in [0.1, 0.15) is 11.2 Å². The highest BCUT2D eigenvalue weighted by Crippen LogP contribution is 2.46. The second-order valence-corrected chi connectivity index (χ2v) is 22.1. The molecule has 0 saturated carbocycles. The van der Waals surface area contributed by atoms with E-state index in [1.54, 1.807) is 11.3 Å². The van der Waals surface area contributed by atoms with Crippen molar-refractivity contribution in [1.29, 1.82) is 0 Å². The number of furan rings is 1. The van der Waals surface area contributed by atoms with Gasteiger partial charge in [0.2, 0.25) is 0 Å². The lowest BCUT2D eigenvalue weighted by atomic mass is 9.95. The molecule has 4 aromatic heterocycles. The molecule has 0 aliphatic rings. The summed E-state index contributed by atoms with van der Waals surface area (Å²) in [5.41, 5.74) is 14.4. The number of benzene rings is 13. The highest BCUT2D eigenvalue weighted by atomic mass is 32.1. The van der Waals surface area contributed by atoms with Crippen LogP contribution in [0.3, 0.4) is 0 Å². The van der Waals surface area contributed by atoms with E-state index >= 15 is 0 Å². The standard InChI is InChI=1S/C75H44N4OS/c1-2-15-45(16-3-1)51-22-12-23-52(39-51)47-31-34-49(35-32-47)62-43-64-68(44-66(62)79-65-42-54-21-7-6-20-53(54)41-63(65)58-38-37-48-18-8-9-24-56(48)71(58)79)80-67-29-14-27-60(70(64)67)74-76-73(55-36-33-46-17-4-5-19-50(46)40-55)77-75(78-74)61-28-13-26-59-57-25-10-11-30-69(57)81-72(59)61/h1-44H. The molecule has 0 N–H and O–H groups in total. The molecule has 0 bridgehead atoms. The zero-order chi connectivity index (χ0) is 53.1. The van der Waals surface area contributed by atoms with Crippen molar-refractivity contribution < 1.29 is 4.42 Å². The number of hydrogen-bond donors (Lipinski definition) is 0. The van der Waals surface area contributed by atoms with Crippen molar-refractivity contribution in [3.05, 3.63) is 267 Å². The fourth-order valence-electron chi connectivity index (χ4n) is 12.5. The zero-order valence-electron chi connectivity index (χ0n) is 43.5. The Morgan fingerprint density at radius 1 is 0.309 bits per heavy atom. The van der Waals surface area contributed by atoms with Gasteiger partial charge in [-0.05, 0) is 103 Å². The molecule has 0 atom stereocenters. The third-order valence-corrected chi connectivity index (χ3v) is 17.6. The van der Waals surface area contributed by atoms with Gasteiger partial charge in [-0.3, -0.25) is 0 Å². The maximum Gasteiger partial charge on any atom is 0.165 e. The molecule has 13 aromatic carbocycles. The fraction of sp³-hybridized carbons (Fsp3) is 0. The molecule has 0 saturated heterocycles. The highest BCUT2D eigenvalue weighted by molar-refractivity contribution is 7.26. The second kappa shape index (κ2) is 18.0. The van der Waals surface area contributed by atoms with Crippen LogP contribution in [0, 0.1) is 0 Å². The number of hydrogen-bond acceptors (Lipinski definition) is 5. The summed E-state index contributed by atoms with van der Waals surface area (Å²) in [7, 11) is 0. The number of nitrogens with zero attached hydrogens (tertiary/aromatic N) is 4. The summed E-state index contributed by atoms with van der Waals surface area (Å²) >= 11 is 1.78. The van der Waals surface area contributed by atoms with Crippen molar-refractivity contribution in [3.63, 3.8) is 0 Å². The van der Waals surface area contributed by atoms with Crippen molar-refractivity contribution in [2.24, 2.45) is 0 Å². The molecular weight excluding hydrogens is 1000 g/mol. The molecule has 0 fully saturated rings. The lowest BCUT2D eigenvalue weighted by Crippen LogP contribution is -2.01. The molecule has 0 spiro atoms. The Labute approximate surface area is 468 Å². The summed E-state index contributed by atoms with van der Waals surface area (Å²) in [5.74, 6) is 1.80. The fourth-order valence-corrected chi connectivity index (χ4v) is 13.7. The van der Waals surface area contributed by atoms with E-state index in [-0.39, 0.29) is 0 Å². The minimum Gasteiger partial charge on any atom is -0.456 e. The van der Waals surface area contributed by atoms with Gasteiger partial charge >= 0.3 is 0 Å². The Hall–Kier alpha value is -10.5. The van der Waals surface area contributed by atoms with Crippen molar-refractivity contribution in [2.45, 2.75) is 0 Å². The third kappa shape index (κ3) is 7.35. The molecule has 0 aliphatic carbocycles. The van der Waals surface area contributed by atoms with Crippen LogP contribution in [0.2, 0.25) is 0 Å². The molecule has 4 heterocycles. The van der Waals surface area contributed by atoms with Crippen LogP contribution in [0.4, 0.5) is 0 Å². The van der Waals surface area contributed by atoms with E-state index in [2.05, 4.69) is 271 Å². The first-order chi connectivity index (χ1) is 40.1. The molecule has 17 rings (SSSR count). The average Bonchev–Trinajstić information content (AvgIpc) is 4.32. The van der Waals surface area contributed by atoms with E-state index in [4.69, 9.17) is 19.4 Å². The van der Waals surface area contributed by atoms with Crippen molar-refractivity contribution in [3.8, 4) is 73.2 Å². The molecule has 5 nitrogen and oxygen atoms in total. The summed E-state index contributed by atoms with van der Waals surface area (Å²) in [5, 5.41) is 13.7. The Balaban J connectivity index is 0.928. The predicted molar refractivity (Wildman–Crippen MR) is 339 cm³/mol. The van der Waals surface area contributed by atoms with Gasteiger partial charge in [0, 0.05) is 75.4 Å². The van der Waals surface area contributed by atoms with Gasteiger partial charge in [-0.1, -0.05) is 212 Å². The van der Waals surface area contributed by atoms with E-state index in [9.17, 15) is 0 Å². The van der Waals surface area contributed by atoms with Gasteiger partial charge in [0.15, 0.2) is 17.5 Å². The molecule has 17 aromatic rings. The van der Waals surface area contributed by atoms with E-state index < -0.39 is 0 Å². The molecule has 0 radical (unpaired) electrons. The summed E-state index contributed by atoms with van der Waals surface area (Å²) in [6, 6.07) is 96.1. The Morgan fingerprint density at radius 3 is 1.73 bits per heavy atom. The first-order valence-corrected chi connectivity index (χ1v) is 28.2. The second-order valence-electron chi connectivity index (χ2n) is 21.1. The van der Waals surface area contributed by atoms with Crippen molar-refractivity contribution in [1.82, 2.24) is 19.5 Å². The zero-order valence-corrected chi connectivity index (χ0v) is 44.3. The van der Waals surface area contributed by atoms with Crippen LogP contribution in [0.25, 0.3) is 169 Å². The van der Waals surface area contributed by atoms with Gasteiger partial charge in [-0.25, -0.2) is 15.0 Å². The SMILES string of the molecule is c1ccc(-c2cccc(-c3ccc(-c4cc5c(cc4-n4c6cc7ccccc7cc6c6ccc7ccccc7c64)oc4cccc(-c6nc(-c7ccc8ccccc8c7)nc(-c7cccc8c7sc7ccccc78)n6)c45)cc3)c2)cc1. The Bertz CT molecular complexity index is 5420. The maximum atomic E-state index is 7.14. The van der Waals surface area contributed by atoms with Crippen LogP contribution >= 0.6 is 11.3 Å². The lowest BCUT2D eigenvalue weighted by Gasteiger charge is -2.16. The predicted octanol–water partition coefficient (Wildman–Crippen LogP) is 20.7. The van der Waals surface area contributed by atoms with Gasteiger partial charge in [-0.2, -0.15) is 0 Å². The minimum atomic E-state index is 0.572. The van der Waals surface area contributed by atoms with Crippen molar-refractivity contribution in [2.75, 3.05) is 0 Å². The Morgan fingerprint density at radius 2 is 0.901 bits per heavy atom. The first kappa shape index (κ1) is 45.5. The Kier molecular flexibility index (Phi) is 10.1. The number of rotatable bonds is 7. The summed E-state index contributed by atoms with van der Waals surface area (Å²) in [6.07, 6.45) is 0. The van der Waals surface area contributed by atoms with Gasteiger partial charge in [-0.15, -0.1) is 11.3 Å². The molecule has 0 aliphatic heterocycles. The average molecular weight is 1050 g/mol. The van der Waals surface area contributed by atoms with Crippen LogP contribution in [0.1, 0.15) is 0 Å². The maximum absolute atomic E-state index is 7.14. The van der Waals surface area contributed by atoms with E-state index in [0.29, 0.717) is 17.5 Å². The molecule has 81 heavy (non-hydrogen) atoms. The van der Waals surface area contributed by atoms with E-state index in [1.165, 1.54) is 58.9 Å². The van der Waals surface area contributed by atoms with E-state index in [1.807, 2.05) is 0 Å². The minimum absolute atomic E-state index is 0.572. The number of fused-ring (bicyclic) bond motifs is 13. The number of thiophene rings is 1.